The molecule has 0 bridgehead atoms. The molecule has 1 spiro atoms. The number of hydrogen-bond donors (Lipinski definition) is 0. The topological polar surface area (TPSA) is 3.24 Å². The summed E-state index contributed by atoms with van der Waals surface area (Å²) in [6, 6.07) is 82.3. The van der Waals surface area contributed by atoms with Gasteiger partial charge in [-0.25, -0.2) is 0 Å². The molecule has 0 heterocycles. The van der Waals surface area contributed by atoms with Crippen molar-refractivity contribution in [3.05, 3.63) is 287 Å². The Balaban J connectivity index is 1.07. The summed E-state index contributed by atoms with van der Waals surface area (Å²) in [5, 5.41) is 0. The molecular formula is C62H43N. The summed E-state index contributed by atoms with van der Waals surface area (Å²) in [7, 11) is 0. The Morgan fingerprint density at radius 3 is 1.17 bits per heavy atom. The molecule has 0 saturated heterocycles. The largest absolute Gasteiger partial charge is 0.310 e. The van der Waals surface area contributed by atoms with Gasteiger partial charge in [-0.05, 0) is 138 Å². The van der Waals surface area contributed by atoms with E-state index in [4.69, 9.17) is 0 Å². The zero-order valence-corrected chi connectivity index (χ0v) is 34.9. The third-order valence-electron chi connectivity index (χ3n) is 14.4. The molecule has 0 amide bonds. The first-order chi connectivity index (χ1) is 31.3. The molecule has 0 aliphatic heterocycles. The molecule has 0 unspecified atom stereocenters. The van der Waals surface area contributed by atoms with Crippen molar-refractivity contribution in [2.75, 3.05) is 4.90 Å². The first kappa shape index (κ1) is 36.0. The van der Waals surface area contributed by atoms with Crippen molar-refractivity contribution in [3.8, 4) is 33.4 Å². The Kier molecular flexibility index (Phi) is 7.93. The first-order valence-electron chi connectivity index (χ1n) is 22.3. The lowest BCUT2D eigenvalue weighted by atomic mass is 9.67. The van der Waals surface area contributed by atoms with Crippen molar-refractivity contribution in [2.24, 2.45) is 0 Å². The SMILES string of the molecule is C1=CC(c2ccc(N(c3ccc4c(c3)C(c3ccccc3)(c3ccccc3)c3ccccc3-4)c3ccc4c(c3)C3(c5ccccc5-c5ccccc53)c3ccccc3-4)cc2)=CCC1. The van der Waals surface area contributed by atoms with Gasteiger partial charge in [-0.2, -0.15) is 0 Å². The quantitative estimate of drug-likeness (QED) is 0.162. The molecule has 4 aliphatic rings. The van der Waals surface area contributed by atoms with Crippen LogP contribution in [0.15, 0.2) is 237 Å². The molecule has 0 atom stereocenters. The average molecular weight is 802 g/mol. The Bertz CT molecular complexity index is 3130. The van der Waals surface area contributed by atoms with Gasteiger partial charge >= 0.3 is 0 Å². The molecule has 9 aromatic rings. The Labute approximate surface area is 369 Å². The molecule has 0 saturated carbocycles. The van der Waals surface area contributed by atoms with Gasteiger partial charge in [-0.3, -0.25) is 0 Å². The van der Waals surface area contributed by atoms with Crippen molar-refractivity contribution in [1.82, 2.24) is 0 Å². The lowest BCUT2D eigenvalue weighted by molar-refractivity contribution is 0.768. The fraction of sp³-hybridized carbons (Fsp3) is 0.0645. The van der Waals surface area contributed by atoms with Gasteiger partial charge in [0.1, 0.15) is 0 Å². The second kappa shape index (κ2) is 13.9. The minimum atomic E-state index is -0.513. The minimum Gasteiger partial charge on any atom is -0.310 e. The van der Waals surface area contributed by atoms with Crippen LogP contribution in [0.4, 0.5) is 17.1 Å². The highest BCUT2D eigenvalue weighted by molar-refractivity contribution is 5.97. The van der Waals surface area contributed by atoms with Crippen LogP contribution in [0.3, 0.4) is 0 Å². The summed E-state index contributed by atoms with van der Waals surface area (Å²) in [5.41, 5.74) is 23.3. The number of nitrogens with zero attached hydrogens (tertiary/aromatic N) is 1. The minimum absolute atomic E-state index is 0.445. The van der Waals surface area contributed by atoms with Crippen LogP contribution in [-0.4, -0.2) is 0 Å². The summed E-state index contributed by atoms with van der Waals surface area (Å²) < 4.78 is 0. The van der Waals surface area contributed by atoms with E-state index in [2.05, 4.69) is 242 Å². The molecule has 1 heteroatoms. The van der Waals surface area contributed by atoms with Gasteiger partial charge in [0.05, 0.1) is 10.8 Å². The average Bonchev–Trinajstić information content (AvgIpc) is 3.95. The molecule has 0 fully saturated rings. The van der Waals surface area contributed by atoms with E-state index in [0.29, 0.717) is 0 Å². The summed E-state index contributed by atoms with van der Waals surface area (Å²) in [4.78, 5) is 2.50. The van der Waals surface area contributed by atoms with Crippen LogP contribution in [0.5, 0.6) is 0 Å². The molecule has 4 aliphatic carbocycles. The van der Waals surface area contributed by atoms with E-state index in [-0.39, 0.29) is 0 Å². The highest BCUT2D eigenvalue weighted by Crippen LogP contribution is 2.64. The maximum absolute atomic E-state index is 2.51. The van der Waals surface area contributed by atoms with E-state index in [1.807, 2.05) is 0 Å². The maximum atomic E-state index is 2.51. The Morgan fingerprint density at radius 1 is 0.317 bits per heavy atom. The zero-order valence-electron chi connectivity index (χ0n) is 34.9. The van der Waals surface area contributed by atoms with Crippen molar-refractivity contribution >= 4 is 22.6 Å². The van der Waals surface area contributed by atoms with E-state index < -0.39 is 10.8 Å². The number of allylic oxidation sites excluding steroid dienone is 4. The third-order valence-corrected chi connectivity index (χ3v) is 14.4. The van der Waals surface area contributed by atoms with Crippen molar-refractivity contribution in [3.63, 3.8) is 0 Å². The summed E-state index contributed by atoms with van der Waals surface area (Å²) in [6.45, 7) is 0. The maximum Gasteiger partial charge on any atom is 0.0726 e. The molecule has 0 aromatic heterocycles. The van der Waals surface area contributed by atoms with E-state index in [0.717, 1.165) is 29.9 Å². The summed E-state index contributed by atoms with van der Waals surface area (Å²) in [5.74, 6) is 0. The summed E-state index contributed by atoms with van der Waals surface area (Å²) >= 11 is 0. The van der Waals surface area contributed by atoms with Gasteiger partial charge in [0, 0.05) is 17.1 Å². The van der Waals surface area contributed by atoms with E-state index in [1.54, 1.807) is 0 Å². The number of hydrogen-bond acceptors (Lipinski definition) is 1. The molecule has 13 rings (SSSR count). The van der Waals surface area contributed by atoms with Crippen LogP contribution >= 0.6 is 0 Å². The number of fused-ring (bicyclic) bond motifs is 13. The zero-order chi connectivity index (χ0) is 41.5. The van der Waals surface area contributed by atoms with Crippen molar-refractivity contribution < 1.29 is 0 Å². The fourth-order valence-corrected chi connectivity index (χ4v) is 11.9. The molecule has 63 heavy (non-hydrogen) atoms. The standard InChI is InChI=1S/C62H43N/c1-4-18-42(19-5-1)43-32-34-46(35-33-43)63(47-36-38-53-51-26-10-14-28-55(51)61(59(53)40-47,44-20-6-2-7-21-44)45-22-8-3-9-23-45)48-37-39-54-52-27-13-17-31-58(52)62(60(54)41-48)56-29-15-11-24-49(56)50-25-12-16-30-57(50)62/h2-4,6-41H,1,5H2. The van der Waals surface area contributed by atoms with Gasteiger partial charge in [-0.15, -0.1) is 0 Å². The normalized spacial score (nSPS) is 15.1. The highest BCUT2D eigenvalue weighted by atomic mass is 15.1. The molecule has 1 nitrogen and oxygen atoms in total. The van der Waals surface area contributed by atoms with Crippen LogP contribution < -0.4 is 4.90 Å². The van der Waals surface area contributed by atoms with E-state index in [9.17, 15) is 0 Å². The first-order valence-corrected chi connectivity index (χ1v) is 22.3. The third kappa shape index (κ3) is 4.99. The smallest absolute Gasteiger partial charge is 0.0726 e. The van der Waals surface area contributed by atoms with Crippen LogP contribution in [0, 0.1) is 0 Å². The highest BCUT2D eigenvalue weighted by Gasteiger charge is 2.52. The number of benzene rings is 9. The van der Waals surface area contributed by atoms with Crippen LogP contribution in [0.2, 0.25) is 0 Å². The van der Waals surface area contributed by atoms with E-state index in [1.165, 1.54) is 89.0 Å². The molecule has 0 radical (unpaired) electrons. The predicted molar refractivity (Wildman–Crippen MR) is 261 cm³/mol. The van der Waals surface area contributed by atoms with Gasteiger partial charge in [0.2, 0.25) is 0 Å². The van der Waals surface area contributed by atoms with Gasteiger partial charge in [0.25, 0.3) is 0 Å². The molecule has 0 N–H and O–H groups in total. The molecular weight excluding hydrogens is 759 g/mol. The van der Waals surface area contributed by atoms with Crippen molar-refractivity contribution in [2.45, 2.75) is 23.7 Å². The monoisotopic (exact) mass is 801 g/mol. The predicted octanol–water partition coefficient (Wildman–Crippen LogP) is 15.6. The van der Waals surface area contributed by atoms with Gasteiger partial charge in [0.15, 0.2) is 0 Å². The number of rotatable bonds is 6. The van der Waals surface area contributed by atoms with Gasteiger partial charge in [-0.1, -0.05) is 200 Å². The van der Waals surface area contributed by atoms with E-state index >= 15 is 0 Å². The molecule has 296 valence electrons. The lowest BCUT2D eigenvalue weighted by Gasteiger charge is -2.35. The van der Waals surface area contributed by atoms with Crippen LogP contribution in [0.1, 0.15) is 62.9 Å². The van der Waals surface area contributed by atoms with Crippen molar-refractivity contribution in [1.29, 1.82) is 0 Å². The molecule has 9 aromatic carbocycles. The van der Waals surface area contributed by atoms with Crippen LogP contribution in [-0.2, 0) is 10.8 Å². The number of anilines is 3. The Morgan fingerprint density at radius 2 is 0.714 bits per heavy atom. The second-order valence-corrected chi connectivity index (χ2v) is 17.4. The van der Waals surface area contributed by atoms with Gasteiger partial charge < -0.3 is 4.90 Å². The van der Waals surface area contributed by atoms with Crippen LogP contribution in [0.25, 0.3) is 39.0 Å². The Hall–Kier alpha value is -7.74. The lowest BCUT2D eigenvalue weighted by Crippen LogP contribution is -2.28. The second-order valence-electron chi connectivity index (χ2n) is 17.4. The summed E-state index contributed by atoms with van der Waals surface area (Å²) in [6.07, 6.45) is 9.11. The fourth-order valence-electron chi connectivity index (χ4n) is 11.9.